The second kappa shape index (κ2) is 5.59. The van der Waals surface area contributed by atoms with Crippen LogP contribution in [-0.4, -0.2) is 0 Å². The Morgan fingerprint density at radius 1 is 1.10 bits per heavy atom. The van der Waals surface area contributed by atoms with Crippen LogP contribution in [-0.2, 0) is 0 Å². The van der Waals surface area contributed by atoms with E-state index in [1.54, 1.807) is 0 Å². The van der Waals surface area contributed by atoms with E-state index in [-0.39, 0.29) is 6.04 Å². The first kappa shape index (κ1) is 13.7. The highest BCUT2D eigenvalue weighted by Crippen LogP contribution is 2.40. The van der Waals surface area contributed by atoms with E-state index >= 15 is 0 Å². The molecule has 0 aliphatic heterocycles. The van der Waals surface area contributed by atoms with E-state index < -0.39 is 0 Å². The van der Waals surface area contributed by atoms with Gasteiger partial charge in [-0.2, -0.15) is 0 Å². The van der Waals surface area contributed by atoms with Gasteiger partial charge in [-0.05, 0) is 60.1 Å². The molecule has 3 rings (SSSR count). The fraction of sp³-hybridized carbons (Fsp3) is 0.333. The molecule has 20 heavy (non-hydrogen) atoms. The molecule has 0 bridgehead atoms. The highest BCUT2D eigenvalue weighted by atomic mass is 35.5. The molecule has 1 aliphatic carbocycles. The van der Waals surface area contributed by atoms with E-state index in [1.165, 1.54) is 36.0 Å². The Balaban J connectivity index is 2.01. The molecule has 0 radical (unpaired) electrons. The van der Waals surface area contributed by atoms with E-state index in [0.29, 0.717) is 5.92 Å². The molecule has 1 atom stereocenters. The molecule has 0 spiro atoms. The van der Waals surface area contributed by atoms with E-state index in [2.05, 4.69) is 31.2 Å². The number of hydrogen-bond acceptors (Lipinski definition) is 1. The van der Waals surface area contributed by atoms with Crippen molar-refractivity contribution in [3.05, 3.63) is 69.7 Å². The van der Waals surface area contributed by atoms with Crippen LogP contribution in [0.2, 0.25) is 5.02 Å². The summed E-state index contributed by atoms with van der Waals surface area (Å²) in [6.45, 7) is 2.09. The van der Waals surface area contributed by atoms with Crippen molar-refractivity contribution in [2.24, 2.45) is 5.73 Å². The van der Waals surface area contributed by atoms with Gasteiger partial charge in [0.1, 0.15) is 0 Å². The van der Waals surface area contributed by atoms with Gasteiger partial charge in [-0.15, -0.1) is 0 Å². The summed E-state index contributed by atoms with van der Waals surface area (Å²) in [5.74, 6) is 0.691. The van der Waals surface area contributed by atoms with Crippen molar-refractivity contribution in [2.75, 3.05) is 0 Å². The third-order valence-corrected chi connectivity index (χ3v) is 4.69. The summed E-state index contributed by atoms with van der Waals surface area (Å²) in [6, 6.07) is 14.5. The van der Waals surface area contributed by atoms with Crippen LogP contribution in [0.25, 0.3) is 0 Å². The summed E-state index contributed by atoms with van der Waals surface area (Å²) in [5, 5.41) is 0.752. The molecule has 2 N–H and O–H groups in total. The van der Waals surface area contributed by atoms with Gasteiger partial charge in [0.15, 0.2) is 0 Å². The van der Waals surface area contributed by atoms with Gasteiger partial charge in [0.05, 0.1) is 6.04 Å². The first-order chi connectivity index (χ1) is 9.66. The van der Waals surface area contributed by atoms with E-state index in [0.717, 1.165) is 10.6 Å². The largest absolute Gasteiger partial charge is 0.320 e. The van der Waals surface area contributed by atoms with Crippen LogP contribution in [0.5, 0.6) is 0 Å². The fourth-order valence-corrected chi connectivity index (χ4v) is 3.18. The maximum absolute atomic E-state index is 6.54. The quantitative estimate of drug-likeness (QED) is 0.847. The van der Waals surface area contributed by atoms with Gasteiger partial charge in [0.2, 0.25) is 0 Å². The molecule has 1 nitrogen and oxygen atoms in total. The lowest BCUT2D eigenvalue weighted by atomic mass is 9.76. The molecule has 2 aromatic rings. The summed E-state index contributed by atoms with van der Waals surface area (Å²) in [4.78, 5) is 0. The van der Waals surface area contributed by atoms with Crippen molar-refractivity contribution in [2.45, 2.75) is 38.1 Å². The molecular formula is C18H20ClN. The predicted octanol–water partition coefficient (Wildman–Crippen LogP) is 4.96. The highest BCUT2D eigenvalue weighted by molar-refractivity contribution is 6.30. The van der Waals surface area contributed by atoms with Gasteiger partial charge >= 0.3 is 0 Å². The number of rotatable bonds is 3. The van der Waals surface area contributed by atoms with Gasteiger partial charge in [0, 0.05) is 5.02 Å². The second-order valence-electron chi connectivity index (χ2n) is 5.74. The molecular weight excluding hydrogens is 266 g/mol. The van der Waals surface area contributed by atoms with Crippen molar-refractivity contribution in [3.8, 4) is 0 Å². The zero-order chi connectivity index (χ0) is 14.1. The Kier molecular flexibility index (Phi) is 3.82. The van der Waals surface area contributed by atoms with Crippen LogP contribution in [0.1, 0.15) is 53.5 Å². The molecule has 1 saturated carbocycles. The van der Waals surface area contributed by atoms with Crippen LogP contribution in [0, 0.1) is 6.92 Å². The predicted molar refractivity (Wildman–Crippen MR) is 85.3 cm³/mol. The van der Waals surface area contributed by atoms with Crippen LogP contribution in [0.15, 0.2) is 42.5 Å². The van der Waals surface area contributed by atoms with Crippen LogP contribution in [0.3, 0.4) is 0 Å². The standard InChI is InChI=1S/C18H20ClN/c1-12-9-10-14(19)11-17(12)18(20)16-8-3-2-7-15(16)13-5-4-6-13/h2-3,7-11,13,18H,4-6,20H2,1H3. The Bertz CT molecular complexity index is 617. The first-order valence-electron chi connectivity index (χ1n) is 7.27. The minimum Gasteiger partial charge on any atom is -0.320 e. The van der Waals surface area contributed by atoms with Gasteiger partial charge < -0.3 is 5.73 Å². The summed E-state index contributed by atoms with van der Waals surface area (Å²) >= 11 is 6.13. The van der Waals surface area contributed by atoms with Crippen LogP contribution < -0.4 is 5.73 Å². The Morgan fingerprint density at radius 3 is 2.55 bits per heavy atom. The van der Waals surface area contributed by atoms with E-state index in [9.17, 15) is 0 Å². The number of hydrogen-bond donors (Lipinski definition) is 1. The third kappa shape index (κ3) is 2.48. The lowest BCUT2D eigenvalue weighted by molar-refractivity contribution is 0.416. The summed E-state index contributed by atoms with van der Waals surface area (Å²) in [7, 11) is 0. The molecule has 0 saturated heterocycles. The van der Waals surface area contributed by atoms with Crippen molar-refractivity contribution < 1.29 is 0 Å². The van der Waals surface area contributed by atoms with Crippen LogP contribution >= 0.6 is 11.6 Å². The first-order valence-corrected chi connectivity index (χ1v) is 7.65. The van der Waals surface area contributed by atoms with Gasteiger partial charge in [-0.3, -0.25) is 0 Å². The monoisotopic (exact) mass is 285 g/mol. The molecule has 0 amide bonds. The van der Waals surface area contributed by atoms with Gasteiger partial charge in [0.25, 0.3) is 0 Å². The SMILES string of the molecule is Cc1ccc(Cl)cc1C(N)c1ccccc1C1CCC1. The van der Waals surface area contributed by atoms with Crippen LogP contribution in [0.4, 0.5) is 0 Å². The number of benzene rings is 2. The topological polar surface area (TPSA) is 26.0 Å². The third-order valence-electron chi connectivity index (χ3n) is 4.45. The average Bonchev–Trinajstić information content (AvgIpc) is 2.39. The lowest BCUT2D eigenvalue weighted by Crippen LogP contribution is -2.19. The maximum Gasteiger partial charge on any atom is 0.0557 e. The molecule has 0 aromatic heterocycles. The van der Waals surface area contributed by atoms with E-state index in [1.807, 2.05) is 18.2 Å². The summed E-state index contributed by atoms with van der Waals surface area (Å²) in [6.07, 6.45) is 3.92. The molecule has 1 aliphatic rings. The summed E-state index contributed by atoms with van der Waals surface area (Å²) < 4.78 is 0. The Labute approximate surface area is 125 Å². The second-order valence-corrected chi connectivity index (χ2v) is 6.17. The Morgan fingerprint density at radius 2 is 1.85 bits per heavy atom. The normalized spacial score (nSPS) is 16.8. The Hall–Kier alpha value is -1.31. The minimum absolute atomic E-state index is 0.0921. The molecule has 2 heteroatoms. The fourth-order valence-electron chi connectivity index (χ4n) is 3.00. The molecule has 1 fully saturated rings. The van der Waals surface area contributed by atoms with Gasteiger partial charge in [-0.1, -0.05) is 48.4 Å². The minimum atomic E-state index is -0.0921. The summed E-state index contributed by atoms with van der Waals surface area (Å²) in [5.41, 5.74) is 11.5. The highest BCUT2D eigenvalue weighted by Gasteiger charge is 2.24. The van der Waals surface area contributed by atoms with Crippen molar-refractivity contribution >= 4 is 11.6 Å². The lowest BCUT2D eigenvalue weighted by Gasteiger charge is -2.30. The van der Waals surface area contributed by atoms with E-state index in [4.69, 9.17) is 17.3 Å². The van der Waals surface area contributed by atoms with Crippen molar-refractivity contribution in [3.63, 3.8) is 0 Å². The number of nitrogens with two attached hydrogens (primary N) is 1. The number of aryl methyl sites for hydroxylation is 1. The average molecular weight is 286 g/mol. The molecule has 1 unspecified atom stereocenters. The van der Waals surface area contributed by atoms with Crippen molar-refractivity contribution in [1.29, 1.82) is 0 Å². The van der Waals surface area contributed by atoms with Gasteiger partial charge in [-0.25, -0.2) is 0 Å². The number of halogens is 1. The zero-order valence-corrected chi connectivity index (χ0v) is 12.5. The zero-order valence-electron chi connectivity index (χ0n) is 11.8. The molecule has 104 valence electrons. The smallest absolute Gasteiger partial charge is 0.0557 e. The van der Waals surface area contributed by atoms with Crippen molar-refractivity contribution in [1.82, 2.24) is 0 Å². The molecule has 2 aromatic carbocycles. The maximum atomic E-state index is 6.54. The molecule has 0 heterocycles.